The molecule has 0 radical (unpaired) electrons. The van der Waals surface area contributed by atoms with E-state index in [-0.39, 0.29) is 30.0 Å². The van der Waals surface area contributed by atoms with Gasteiger partial charge in [0.1, 0.15) is 0 Å². The average molecular weight is 335 g/mol. The minimum Gasteiger partial charge on any atom is -0.348 e. The van der Waals surface area contributed by atoms with E-state index in [9.17, 15) is 19.2 Å². The molecule has 1 heterocycles. The van der Waals surface area contributed by atoms with Crippen LogP contribution in [0.15, 0.2) is 30.3 Å². The molecule has 0 aromatic heterocycles. The molecule has 1 saturated heterocycles. The number of imide groups is 1. The van der Waals surface area contributed by atoms with E-state index in [0.717, 1.165) is 22.2 Å². The first kappa shape index (κ1) is 17.0. The van der Waals surface area contributed by atoms with Crippen LogP contribution in [0.1, 0.15) is 5.56 Å². The first-order valence-corrected chi connectivity index (χ1v) is 8.13. The molecule has 0 aliphatic carbocycles. The van der Waals surface area contributed by atoms with Gasteiger partial charge in [0.15, 0.2) is 0 Å². The zero-order valence-corrected chi connectivity index (χ0v) is 13.2. The number of thioether (sulfide) groups is 1. The Balaban J connectivity index is 1.64. The van der Waals surface area contributed by atoms with E-state index in [1.807, 2.05) is 30.3 Å². The van der Waals surface area contributed by atoms with Crippen LogP contribution in [0, 0.1) is 0 Å². The molecule has 1 aromatic rings. The van der Waals surface area contributed by atoms with Gasteiger partial charge in [0, 0.05) is 19.6 Å². The molecule has 0 saturated carbocycles. The molecule has 2 rings (SSSR count). The molecule has 1 aromatic carbocycles. The van der Waals surface area contributed by atoms with E-state index in [0.29, 0.717) is 13.0 Å². The number of nitrogens with zero attached hydrogens (tertiary/aromatic N) is 1. The molecule has 23 heavy (non-hydrogen) atoms. The second kappa shape index (κ2) is 8.33. The minimum absolute atomic E-state index is 0.0585. The number of hydrogen-bond acceptors (Lipinski definition) is 5. The molecule has 4 amide bonds. The summed E-state index contributed by atoms with van der Waals surface area (Å²) in [5.74, 6) is -1.65. The average Bonchev–Trinajstić information content (AvgIpc) is 2.87. The number of benzene rings is 1. The normalized spacial score (nSPS) is 14.0. The molecule has 0 atom stereocenters. The fraction of sp³-hybridized carbons (Fsp3) is 0.333. The highest BCUT2D eigenvalue weighted by Gasteiger charge is 2.29. The standard InChI is InChI=1S/C15H17N3O4S/c19-12-10-23-15(22)18(12)9-8-17-14(21)13(20)16-7-6-11-4-2-1-3-5-11/h1-5H,6-10H2,(H,16,20)(H,17,21). The summed E-state index contributed by atoms with van der Waals surface area (Å²) in [4.78, 5) is 47.0. The van der Waals surface area contributed by atoms with E-state index < -0.39 is 11.8 Å². The van der Waals surface area contributed by atoms with Gasteiger partial charge >= 0.3 is 11.8 Å². The van der Waals surface area contributed by atoms with Crippen LogP contribution in [0.3, 0.4) is 0 Å². The second-order valence-electron chi connectivity index (χ2n) is 4.85. The topological polar surface area (TPSA) is 95.6 Å². The molecule has 0 bridgehead atoms. The molecular weight excluding hydrogens is 318 g/mol. The summed E-state index contributed by atoms with van der Waals surface area (Å²) >= 11 is 0.933. The Morgan fingerprint density at radius 2 is 1.70 bits per heavy atom. The van der Waals surface area contributed by atoms with Crippen molar-refractivity contribution in [2.24, 2.45) is 0 Å². The maximum atomic E-state index is 11.6. The van der Waals surface area contributed by atoms with Crippen molar-refractivity contribution in [2.45, 2.75) is 6.42 Å². The van der Waals surface area contributed by atoms with E-state index in [2.05, 4.69) is 10.6 Å². The summed E-state index contributed by atoms with van der Waals surface area (Å²) in [5.41, 5.74) is 1.07. The molecule has 1 aliphatic rings. The fourth-order valence-corrected chi connectivity index (χ4v) is 2.76. The van der Waals surface area contributed by atoms with Crippen LogP contribution < -0.4 is 10.6 Å². The number of nitrogens with one attached hydrogen (secondary N) is 2. The highest BCUT2D eigenvalue weighted by atomic mass is 32.2. The SMILES string of the molecule is O=C(NCCc1ccccc1)C(=O)NCCN1C(=O)CSC1=O. The Labute approximate surface area is 137 Å². The molecule has 122 valence electrons. The van der Waals surface area contributed by atoms with Crippen LogP contribution in [-0.2, 0) is 20.8 Å². The van der Waals surface area contributed by atoms with Crippen molar-refractivity contribution >= 4 is 34.7 Å². The predicted molar refractivity (Wildman–Crippen MR) is 85.7 cm³/mol. The summed E-state index contributed by atoms with van der Waals surface area (Å²) in [6, 6.07) is 9.60. The largest absolute Gasteiger partial charge is 0.348 e. The lowest BCUT2D eigenvalue weighted by Crippen LogP contribution is -2.44. The van der Waals surface area contributed by atoms with E-state index in [4.69, 9.17) is 0 Å². The number of carbonyl (C=O) groups excluding carboxylic acids is 4. The zero-order valence-electron chi connectivity index (χ0n) is 12.4. The highest BCUT2D eigenvalue weighted by Crippen LogP contribution is 2.17. The van der Waals surface area contributed by atoms with Gasteiger partial charge in [0.2, 0.25) is 5.91 Å². The lowest BCUT2D eigenvalue weighted by atomic mass is 10.1. The summed E-state index contributed by atoms with van der Waals surface area (Å²) in [5, 5.41) is 4.59. The van der Waals surface area contributed by atoms with Gasteiger partial charge < -0.3 is 10.6 Å². The number of carbonyl (C=O) groups is 4. The predicted octanol–water partition coefficient (Wildman–Crippen LogP) is 0.157. The van der Waals surface area contributed by atoms with Crippen LogP contribution in [-0.4, -0.2) is 53.2 Å². The first-order valence-electron chi connectivity index (χ1n) is 7.15. The fourth-order valence-electron chi connectivity index (χ4n) is 2.00. The van der Waals surface area contributed by atoms with Gasteiger partial charge in [-0.2, -0.15) is 0 Å². The Bertz CT molecular complexity index is 590. The minimum atomic E-state index is -0.773. The summed E-state index contributed by atoms with van der Waals surface area (Å²) in [6.07, 6.45) is 0.633. The lowest BCUT2D eigenvalue weighted by molar-refractivity contribution is -0.139. The summed E-state index contributed by atoms with van der Waals surface area (Å²) in [7, 11) is 0. The van der Waals surface area contributed by atoms with E-state index >= 15 is 0 Å². The van der Waals surface area contributed by atoms with Gasteiger partial charge in [-0.05, 0) is 12.0 Å². The number of amides is 4. The maximum Gasteiger partial charge on any atom is 0.309 e. The van der Waals surface area contributed by atoms with E-state index in [1.165, 1.54) is 0 Å². The van der Waals surface area contributed by atoms with Crippen molar-refractivity contribution in [3.05, 3.63) is 35.9 Å². The highest BCUT2D eigenvalue weighted by molar-refractivity contribution is 8.14. The van der Waals surface area contributed by atoms with Crippen molar-refractivity contribution < 1.29 is 19.2 Å². The molecule has 1 aliphatic heterocycles. The van der Waals surface area contributed by atoms with Crippen molar-refractivity contribution in [1.82, 2.24) is 15.5 Å². The van der Waals surface area contributed by atoms with Gasteiger partial charge in [0.25, 0.3) is 5.24 Å². The monoisotopic (exact) mass is 335 g/mol. The van der Waals surface area contributed by atoms with Crippen LogP contribution in [0.25, 0.3) is 0 Å². The lowest BCUT2D eigenvalue weighted by Gasteiger charge is -2.13. The Morgan fingerprint density at radius 1 is 1.04 bits per heavy atom. The third-order valence-corrected chi connectivity index (χ3v) is 4.07. The third kappa shape index (κ3) is 5.10. The Hall–Kier alpha value is -2.35. The summed E-state index contributed by atoms with van der Waals surface area (Å²) < 4.78 is 0. The quantitative estimate of drug-likeness (QED) is 0.722. The smallest absolute Gasteiger partial charge is 0.309 e. The van der Waals surface area contributed by atoms with Crippen molar-refractivity contribution in [2.75, 3.05) is 25.4 Å². The van der Waals surface area contributed by atoms with Crippen molar-refractivity contribution in [3.8, 4) is 0 Å². The Morgan fingerprint density at radius 3 is 2.30 bits per heavy atom. The molecule has 1 fully saturated rings. The molecule has 0 spiro atoms. The van der Waals surface area contributed by atoms with Gasteiger partial charge in [-0.25, -0.2) is 0 Å². The number of hydrogen-bond donors (Lipinski definition) is 2. The second-order valence-corrected chi connectivity index (χ2v) is 5.77. The third-order valence-electron chi connectivity index (χ3n) is 3.21. The van der Waals surface area contributed by atoms with E-state index in [1.54, 1.807) is 0 Å². The van der Waals surface area contributed by atoms with Crippen LogP contribution in [0.5, 0.6) is 0 Å². The van der Waals surface area contributed by atoms with Crippen LogP contribution >= 0.6 is 11.8 Å². The van der Waals surface area contributed by atoms with Crippen LogP contribution in [0.2, 0.25) is 0 Å². The van der Waals surface area contributed by atoms with Crippen LogP contribution in [0.4, 0.5) is 4.79 Å². The van der Waals surface area contributed by atoms with Gasteiger partial charge in [-0.15, -0.1) is 0 Å². The molecule has 7 nitrogen and oxygen atoms in total. The molecule has 0 unspecified atom stereocenters. The number of rotatable bonds is 6. The van der Waals surface area contributed by atoms with Gasteiger partial charge in [-0.3, -0.25) is 24.1 Å². The molecular formula is C15H17N3O4S. The zero-order chi connectivity index (χ0) is 16.7. The van der Waals surface area contributed by atoms with Gasteiger partial charge in [0.05, 0.1) is 5.75 Å². The Kier molecular flexibility index (Phi) is 6.16. The summed E-state index contributed by atoms with van der Waals surface area (Å²) in [6.45, 7) is 0.493. The molecule has 8 heteroatoms. The maximum absolute atomic E-state index is 11.6. The molecule has 2 N–H and O–H groups in total. The van der Waals surface area contributed by atoms with Crippen molar-refractivity contribution in [3.63, 3.8) is 0 Å². The van der Waals surface area contributed by atoms with Crippen molar-refractivity contribution in [1.29, 1.82) is 0 Å². The first-order chi connectivity index (χ1) is 11.1. The van der Waals surface area contributed by atoms with Gasteiger partial charge in [-0.1, -0.05) is 42.1 Å².